The zero-order chi connectivity index (χ0) is 10.6. The number of hydrogen-bond acceptors (Lipinski definition) is 1. The van der Waals surface area contributed by atoms with Gasteiger partial charge in [0.05, 0.1) is 5.69 Å². The van der Waals surface area contributed by atoms with Gasteiger partial charge in [0.1, 0.15) is 5.82 Å². The molecule has 3 heteroatoms. The first-order chi connectivity index (χ1) is 6.04. The molecule has 0 spiro atoms. The Bertz CT molecular complexity index is 271. The maximum atomic E-state index is 12.9. The summed E-state index contributed by atoms with van der Waals surface area (Å²) in [6, 6.07) is 1.42. The lowest BCUT2D eigenvalue weighted by Gasteiger charge is -2.06. The van der Waals surface area contributed by atoms with Crippen molar-refractivity contribution in [2.24, 2.45) is 0 Å². The Morgan fingerprint density at radius 2 is 1.77 bits per heavy atom. The maximum Gasteiger partial charge on any atom is 0.146 e. The van der Waals surface area contributed by atoms with Gasteiger partial charge in [-0.25, -0.2) is 4.39 Å². The van der Waals surface area contributed by atoms with Gasteiger partial charge in [-0.2, -0.15) is 0 Å². The molecule has 74 valence electrons. The molecule has 0 saturated carbocycles. The van der Waals surface area contributed by atoms with Gasteiger partial charge in [0.2, 0.25) is 0 Å². The molecule has 1 nitrogen and oxygen atoms in total. The number of benzene rings is 1. The average molecular weight is 248 g/mol. The summed E-state index contributed by atoms with van der Waals surface area (Å²) in [6.07, 6.45) is 0. The quantitative estimate of drug-likeness (QED) is 0.694. The molecule has 1 aromatic rings. The molecule has 0 aliphatic rings. The molecule has 1 aromatic carbocycles. The Hall–Kier alpha value is -0.570. The van der Waals surface area contributed by atoms with Crippen LogP contribution in [0.4, 0.5) is 10.1 Å². The fourth-order valence-electron chi connectivity index (χ4n) is 0.924. The SMILES string of the molecule is CC.Cc1cc(F)c(N)c(C)c1Br. The molecule has 0 aliphatic heterocycles. The van der Waals surface area contributed by atoms with Crippen molar-refractivity contribution in [3.05, 3.63) is 27.5 Å². The summed E-state index contributed by atoms with van der Waals surface area (Å²) >= 11 is 3.32. The highest BCUT2D eigenvalue weighted by atomic mass is 79.9. The highest BCUT2D eigenvalue weighted by Gasteiger charge is 2.07. The van der Waals surface area contributed by atoms with E-state index in [0.29, 0.717) is 0 Å². The van der Waals surface area contributed by atoms with Crippen molar-refractivity contribution in [1.82, 2.24) is 0 Å². The van der Waals surface area contributed by atoms with Crippen LogP contribution in [0.15, 0.2) is 10.5 Å². The van der Waals surface area contributed by atoms with Gasteiger partial charge >= 0.3 is 0 Å². The molecule has 0 heterocycles. The van der Waals surface area contributed by atoms with Crippen molar-refractivity contribution in [2.75, 3.05) is 5.73 Å². The molecule has 0 unspecified atom stereocenters. The largest absolute Gasteiger partial charge is 0.396 e. The first kappa shape index (κ1) is 12.4. The second-order valence-electron chi connectivity index (χ2n) is 2.53. The molecule has 0 saturated heterocycles. The van der Waals surface area contributed by atoms with Crippen LogP contribution in [-0.4, -0.2) is 0 Å². The van der Waals surface area contributed by atoms with Crippen LogP contribution in [-0.2, 0) is 0 Å². The van der Waals surface area contributed by atoms with Crippen LogP contribution in [0.5, 0.6) is 0 Å². The Kier molecular flexibility index (Phi) is 4.99. The maximum absolute atomic E-state index is 12.9. The smallest absolute Gasteiger partial charge is 0.146 e. The number of anilines is 1. The van der Waals surface area contributed by atoms with Gasteiger partial charge in [-0.1, -0.05) is 29.8 Å². The van der Waals surface area contributed by atoms with E-state index in [-0.39, 0.29) is 11.5 Å². The Balaban J connectivity index is 0.000000671. The van der Waals surface area contributed by atoms with E-state index in [1.54, 1.807) is 6.92 Å². The van der Waals surface area contributed by atoms with Gasteiger partial charge < -0.3 is 5.73 Å². The van der Waals surface area contributed by atoms with Crippen molar-refractivity contribution < 1.29 is 4.39 Å². The minimum atomic E-state index is -0.344. The molecule has 0 radical (unpaired) electrons. The first-order valence-electron chi connectivity index (χ1n) is 4.24. The Morgan fingerprint density at radius 1 is 1.31 bits per heavy atom. The summed E-state index contributed by atoms with van der Waals surface area (Å²) in [5, 5.41) is 0. The zero-order valence-electron chi connectivity index (χ0n) is 8.41. The van der Waals surface area contributed by atoms with Crippen LogP contribution in [0.25, 0.3) is 0 Å². The first-order valence-corrected chi connectivity index (χ1v) is 5.04. The Labute approximate surface area is 87.3 Å². The Morgan fingerprint density at radius 3 is 2.23 bits per heavy atom. The molecule has 1 rings (SSSR count). The predicted molar refractivity (Wildman–Crippen MR) is 59.3 cm³/mol. The van der Waals surface area contributed by atoms with Crippen LogP contribution in [0.3, 0.4) is 0 Å². The third-order valence-corrected chi connectivity index (χ3v) is 2.90. The van der Waals surface area contributed by atoms with E-state index in [1.165, 1.54) is 6.07 Å². The van der Waals surface area contributed by atoms with Gasteiger partial charge in [-0.3, -0.25) is 0 Å². The lowest BCUT2D eigenvalue weighted by atomic mass is 10.1. The minimum Gasteiger partial charge on any atom is -0.396 e. The van der Waals surface area contributed by atoms with Gasteiger partial charge in [0.15, 0.2) is 0 Å². The summed E-state index contributed by atoms with van der Waals surface area (Å²) in [4.78, 5) is 0. The van der Waals surface area contributed by atoms with Crippen LogP contribution in [0, 0.1) is 19.7 Å². The van der Waals surface area contributed by atoms with Crippen molar-refractivity contribution in [1.29, 1.82) is 0 Å². The normalized spacial score (nSPS) is 9.08. The number of halogens is 2. The second kappa shape index (κ2) is 5.22. The minimum absolute atomic E-state index is 0.225. The van der Waals surface area contributed by atoms with Crippen molar-refractivity contribution in [3.63, 3.8) is 0 Å². The van der Waals surface area contributed by atoms with Crippen LogP contribution in [0.2, 0.25) is 0 Å². The number of rotatable bonds is 0. The van der Waals surface area contributed by atoms with E-state index in [0.717, 1.165) is 15.6 Å². The number of nitrogen functional groups attached to an aromatic ring is 1. The van der Waals surface area contributed by atoms with Crippen molar-refractivity contribution in [2.45, 2.75) is 27.7 Å². The van der Waals surface area contributed by atoms with Crippen molar-refractivity contribution >= 4 is 21.6 Å². The van der Waals surface area contributed by atoms with Crippen LogP contribution < -0.4 is 5.73 Å². The van der Waals surface area contributed by atoms with E-state index < -0.39 is 0 Å². The van der Waals surface area contributed by atoms with E-state index in [4.69, 9.17) is 5.73 Å². The topological polar surface area (TPSA) is 26.0 Å². The summed E-state index contributed by atoms with van der Waals surface area (Å²) in [6.45, 7) is 7.62. The lowest BCUT2D eigenvalue weighted by molar-refractivity contribution is 0.630. The van der Waals surface area contributed by atoms with Gasteiger partial charge in [-0.15, -0.1) is 0 Å². The van der Waals surface area contributed by atoms with E-state index in [1.807, 2.05) is 20.8 Å². The number of hydrogen-bond donors (Lipinski definition) is 1. The van der Waals surface area contributed by atoms with Crippen LogP contribution >= 0.6 is 15.9 Å². The second-order valence-corrected chi connectivity index (χ2v) is 3.32. The summed E-state index contributed by atoms with van der Waals surface area (Å²) in [7, 11) is 0. The molecule has 13 heavy (non-hydrogen) atoms. The van der Waals surface area contributed by atoms with Gasteiger partial charge in [-0.05, 0) is 31.0 Å². The average Bonchev–Trinajstić information content (AvgIpc) is 2.15. The van der Waals surface area contributed by atoms with E-state index in [9.17, 15) is 4.39 Å². The fraction of sp³-hybridized carbons (Fsp3) is 0.400. The molecule has 0 fully saturated rings. The van der Waals surface area contributed by atoms with E-state index >= 15 is 0 Å². The van der Waals surface area contributed by atoms with Crippen LogP contribution in [0.1, 0.15) is 25.0 Å². The highest BCUT2D eigenvalue weighted by Crippen LogP contribution is 2.27. The summed E-state index contributed by atoms with van der Waals surface area (Å²) < 4.78 is 13.8. The van der Waals surface area contributed by atoms with Gasteiger partial charge in [0, 0.05) is 4.47 Å². The molecule has 0 bridgehead atoms. The molecular formula is C10H15BrFN. The lowest BCUT2D eigenvalue weighted by Crippen LogP contribution is -1.96. The molecule has 0 amide bonds. The fourth-order valence-corrected chi connectivity index (χ4v) is 1.25. The molecular weight excluding hydrogens is 233 g/mol. The van der Waals surface area contributed by atoms with Gasteiger partial charge in [0.25, 0.3) is 0 Å². The zero-order valence-corrected chi connectivity index (χ0v) is 10.00. The summed E-state index contributed by atoms with van der Waals surface area (Å²) in [5.74, 6) is -0.344. The third-order valence-electron chi connectivity index (χ3n) is 1.68. The summed E-state index contributed by atoms with van der Waals surface area (Å²) in [5.41, 5.74) is 7.31. The molecule has 2 N–H and O–H groups in total. The monoisotopic (exact) mass is 247 g/mol. The third kappa shape index (κ3) is 2.69. The molecule has 0 atom stereocenters. The predicted octanol–water partition coefficient (Wildman–Crippen LogP) is 3.81. The molecule has 0 aliphatic carbocycles. The number of aryl methyl sites for hydroxylation is 1. The standard InChI is InChI=1S/C8H9BrFN.C2H6/c1-4-3-6(10)8(11)5(2)7(4)9;1-2/h3H,11H2,1-2H3;1-2H3. The molecule has 0 aromatic heterocycles. The van der Waals surface area contributed by atoms with Crippen molar-refractivity contribution in [3.8, 4) is 0 Å². The highest BCUT2D eigenvalue weighted by molar-refractivity contribution is 9.10. The van der Waals surface area contributed by atoms with E-state index in [2.05, 4.69) is 15.9 Å². The number of nitrogens with two attached hydrogens (primary N) is 1.